The molecule has 1 aromatic heterocycles. The van der Waals surface area contributed by atoms with Crippen LogP contribution in [0.2, 0.25) is 0 Å². The molecule has 122 valence electrons. The molecule has 23 heavy (non-hydrogen) atoms. The fourth-order valence-electron chi connectivity index (χ4n) is 2.70. The second kappa shape index (κ2) is 7.13. The van der Waals surface area contributed by atoms with Crippen LogP contribution in [0.4, 0.5) is 4.79 Å². The predicted molar refractivity (Wildman–Crippen MR) is 84.7 cm³/mol. The predicted octanol–water partition coefficient (Wildman–Crippen LogP) is 1.64. The van der Waals surface area contributed by atoms with Crippen molar-refractivity contribution < 1.29 is 14.1 Å². The number of carbonyl (C=O) groups is 2. The summed E-state index contributed by atoms with van der Waals surface area (Å²) in [5.41, 5.74) is 1.42. The lowest BCUT2D eigenvalue weighted by molar-refractivity contribution is -0.127. The van der Waals surface area contributed by atoms with E-state index in [1.54, 1.807) is 0 Å². The molecule has 0 aliphatic carbocycles. The van der Waals surface area contributed by atoms with Gasteiger partial charge < -0.3 is 20.1 Å². The highest BCUT2D eigenvalue weighted by Gasteiger charge is 2.19. The van der Waals surface area contributed by atoms with Gasteiger partial charge in [0.2, 0.25) is 5.91 Å². The van der Waals surface area contributed by atoms with Gasteiger partial charge in [0.1, 0.15) is 5.69 Å². The number of fused-ring (bicyclic) bond motifs is 1. The van der Waals surface area contributed by atoms with Crippen LogP contribution in [-0.2, 0) is 11.3 Å². The van der Waals surface area contributed by atoms with Gasteiger partial charge in [-0.25, -0.2) is 4.79 Å². The number of hydrogen-bond acceptors (Lipinski definition) is 4. The van der Waals surface area contributed by atoms with Crippen molar-refractivity contribution in [3.63, 3.8) is 0 Å². The number of nitrogens with one attached hydrogen (secondary N) is 2. The average molecular weight is 316 g/mol. The van der Waals surface area contributed by atoms with Gasteiger partial charge in [-0.05, 0) is 25.0 Å². The maximum atomic E-state index is 11.8. The number of hydrogen-bond donors (Lipinski definition) is 2. The number of amides is 3. The van der Waals surface area contributed by atoms with E-state index in [-0.39, 0.29) is 11.9 Å². The topological polar surface area (TPSA) is 87.5 Å². The molecule has 3 rings (SSSR count). The van der Waals surface area contributed by atoms with Gasteiger partial charge in [-0.3, -0.25) is 4.79 Å². The fraction of sp³-hybridized carbons (Fsp3) is 0.438. The number of carbonyl (C=O) groups excluding carboxylic acids is 2. The molecule has 2 N–H and O–H groups in total. The van der Waals surface area contributed by atoms with E-state index in [0.717, 1.165) is 24.8 Å². The molecule has 1 saturated heterocycles. The van der Waals surface area contributed by atoms with Crippen LogP contribution >= 0.6 is 0 Å². The normalized spacial score (nSPS) is 14.4. The van der Waals surface area contributed by atoms with Crippen molar-refractivity contribution in [1.82, 2.24) is 20.7 Å². The first kappa shape index (κ1) is 15.3. The summed E-state index contributed by atoms with van der Waals surface area (Å²) >= 11 is 0. The van der Waals surface area contributed by atoms with Crippen LogP contribution in [0.5, 0.6) is 0 Å². The van der Waals surface area contributed by atoms with Crippen molar-refractivity contribution in [3.05, 3.63) is 30.0 Å². The molecule has 7 nitrogen and oxygen atoms in total. The molecule has 0 unspecified atom stereocenters. The molecular formula is C16H20N4O3. The molecule has 0 saturated carbocycles. The third kappa shape index (κ3) is 3.80. The van der Waals surface area contributed by atoms with Crippen molar-refractivity contribution in [2.75, 3.05) is 19.6 Å². The van der Waals surface area contributed by atoms with E-state index in [4.69, 9.17) is 4.52 Å². The first-order valence-corrected chi connectivity index (χ1v) is 7.87. The standard InChI is InChI=1S/C16H20N4O3/c21-15-7-3-9-20(15)10-4-8-17-16(22)18-11-13-12-5-1-2-6-14(12)23-19-13/h1-2,5-6H,3-4,7-11H2,(H2,17,18,22). The summed E-state index contributed by atoms with van der Waals surface area (Å²) in [6.07, 6.45) is 2.35. The Bertz CT molecular complexity index is 697. The van der Waals surface area contributed by atoms with E-state index in [2.05, 4.69) is 15.8 Å². The number of urea groups is 1. The highest BCUT2D eigenvalue weighted by molar-refractivity contribution is 5.80. The minimum atomic E-state index is -0.246. The van der Waals surface area contributed by atoms with Crippen molar-refractivity contribution in [2.24, 2.45) is 0 Å². The Morgan fingerprint density at radius 1 is 1.30 bits per heavy atom. The van der Waals surface area contributed by atoms with E-state index in [9.17, 15) is 9.59 Å². The minimum Gasteiger partial charge on any atom is -0.356 e. The third-order valence-electron chi connectivity index (χ3n) is 3.93. The molecule has 1 aromatic carbocycles. The Morgan fingerprint density at radius 3 is 3.00 bits per heavy atom. The van der Waals surface area contributed by atoms with Crippen molar-refractivity contribution >= 4 is 22.9 Å². The van der Waals surface area contributed by atoms with Gasteiger partial charge in [0, 0.05) is 31.4 Å². The second-order valence-electron chi connectivity index (χ2n) is 5.57. The Hall–Kier alpha value is -2.57. The highest BCUT2D eigenvalue weighted by atomic mass is 16.5. The highest BCUT2D eigenvalue weighted by Crippen LogP contribution is 2.17. The largest absolute Gasteiger partial charge is 0.356 e. The fourth-order valence-corrected chi connectivity index (χ4v) is 2.70. The molecule has 0 radical (unpaired) electrons. The van der Waals surface area contributed by atoms with E-state index in [1.165, 1.54) is 0 Å². The molecule has 0 spiro atoms. The zero-order chi connectivity index (χ0) is 16.1. The van der Waals surface area contributed by atoms with Crippen LogP contribution in [0, 0.1) is 0 Å². The van der Waals surface area contributed by atoms with Crippen LogP contribution < -0.4 is 10.6 Å². The summed E-state index contributed by atoms with van der Waals surface area (Å²) in [5.74, 6) is 0.215. The smallest absolute Gasteiger partial charge is 0.315 e. The quantitative estimate of drug-likeness (QED) is 0.793. The van der Waals surface area contributed by atoms with Gasteiger partial charge in [0.25, 0.3) is 0 Å². The maximum absolute atomic E-state index is 11.8. The number of para-hydroxylation sites is 1. The number of aromatic nitrogens is 1. The molecule has 3 amide bonds. The van der Waals surface area contributed by atoms with E-state index >= 15 is 0 Å². The molecule has 1 aliphatic heterocycles. The summed E-state index contributed by atoms with van der Waals surface area (Å²) in [7, 11) is 0. The van der Waals surface area contributed by atoms with Gasteiger partial charge in [-0.2, -0.15) is 0 Å². The SMILES string of the molecule is O=C(NCCCN1CCCC1=O)NCc1noc2ccccc12. The maximum Gasteiger partial charge on any atom is 0.315 e. The number of likely N-dealkylation sites (tertiary alicyclic amines) is 1. The number of rotatable bonds is 6. The lowest BCUT2D eigenvalue weighted by Gasteiger charge is -2.15. The average Bonchev–Trinajstić information content (AvgIpc) is 3.16. The minimum absolute atomic E-state index is 0.215. The molecule has 2 aromatic rings. The van der Waals surface area contributed by atoms with Crippen LogP contribution in [0.25, 0.3) is 11.0 Å². The number of nitrogens with zero attached hydrogens (tertiary/aromatic N) is 2. The van der Waals surface area contributed by atoms with Crippen LogP contribution in [0.15, 0.2) is 28.8 Å². The molecule has 2 heterocycles. The van der Waals surface area contributed by atoms with Crippen molar-refractivity contribution in [1.29, 1.82) is 0 Å². The molecule has 1 aliphatic rings. The zero-order valence-corrected chi connectivity index (χ0v) is 12.9. The Balaban J connectivity index is 1.37. The van der Waals surface area contributed by atoms with Gasteiger partial charge in [0.05, 0.1) is 6.54 Å². The van der Waals surface area contributed by atoms with E-state index in [0.29, 0.717) is 37.3 Å². The summed E-state index contributed by atoms with van der Waals surface area (Å²) in [6, 6.07) is 7.29. The lowest BCUT2D eigenvalue weighted by Crippen LogP contribution is -2.37. The van der Waals surface area contributed by atoms with Crippen LogP contribution in [0.1, 0.15) is 25.0 Å². The van der Waals surface area contributed by atoms with Crippen LogP contribution in [-0.4, -0.2) is 41.6 Å². The van der Waals surface area contributed by atoms with Crippen molar-refractivity contribution in [3.8, 4) is 0 Å². The number of benzene rings is 1. The summed E-state index contributed by atoms with van der Waals surface area (Å²) in [4.78, 5) is 25.1. The lowest BCUT2D eigenvalue weighted by atomic mass is 10.2. The van der Waals surface area contributed by atoms with E-state index < -0.39 is 0 Å². The molecule has 1 fully saturated rings. The summed E-state index contributed by atoms with van der Waals surface area (Å²) in [6.45, 7) is 2.39. The molecule has 0 bridgehead atoms. The Kier molecular flexibility index (Phi) is 4.75. The van der Waals surface area contributed by atoms with Gasteiger partial charge in [-0.1, -0.05) is 17.3 Å². The van der Waals surface area contributed by atoms with Gasteiger partial charge in [-0.15, -0.1) is 0 Å². The Labute approximate surface area is 134 Å². The monoisotopic (exact) mass is 316 g/mol. The second-order valence-corrected chi connectivity index (χ2v) is 5.57. The van der Waals surface area contributed by atoms with Crippen molar-refractivity contribution in [2.45, 2.75) is 25.8 Å². The molecule has 0 atom stereocenters. The molecule has 7 heteroatoms. The van der Waals surface area contributed by atoms with E-state index in [1.807, 2.05) is 29.2 Å². The molecular weight excluding hydrogens is 296 g/mol. The summed E-state index contributed by atoms with van der Waals surface area (Å²) < 4.78 is 5.19. The third-order valence-corrected chi connectivity index (χ3v) is 3.93. The first-order chi connectivity index (χ1) is 11.2. The Morgan fingerprint density at radius 2 is 2.17 bits per heavy atom. The zero-order valence-electron chi connectivity index (χ0n) is 12.9. The van der Waals surface area contributed by atoms with Crippen LogP contribution in [0.3, 0.4) is 0 Å². The summed E-state index contributed by atoms with van der Waals surface area (Å²) in [5, 5.41) is 10.4. The van der Waals surface area contributed by atoms with Gasteiger partial charge >= 0.3 is 6.03 Å². The first-order valence-electron chi connectivity index (χ1n) is 7.87. The van der Waals surface area contributed by atoms with Gasteiger partial charge in [0.15, 0.2) is 5.58 Å².